The average Bonchev–Trinajstić information content (AvgIpc) is 2.71. The number of nitro groups is 1. The molecule has 156 valence electrons. The molecule has 1 saturated heterocycles. The van der Waals surface area contributed by atoms with Crippen molar-refractivity contribution in [3.8, 4) is 0 Å². The van der Waals surface area contributed by atoms with Crippen LogP contribution < -0.4 is 15.5 Å². The van der Waals surface area contributed by atoms with Gasteiger partial charge in [-0.3, -0.25) is 24.5 Å². The number of nitro benzene ring substituents is 1. The summed E-state index contributed by atoms with van der Waals surface area (Å²) in [5.74, 6) is -3.14. The third-order valence-electron chi connectivity index (χ3n) is 4.69. The van der Waals surface area contributed by atoms with Gasteiger partial charge in [0.05, 0.1) is 4.92 Å². The van der Waals surface area contributed by atoms with Crippen LogP contribution in [0.1, 0.15) is 24.8 Å². The summed E-state index contributed by atoms with van der Waals surface area (Å²) in [4.78, 5) is 48.1. The number of hydrogen-bond donors (Lipinski definition) is 2. The molecular formula is C20H19FN4O5. The first-order valence-electron chi connectivity index (χ1n) is 9.23. The highest BCUT2D eigenvalue weighted by atomic mass is 19.1. The summed E-state index contributed by atoms with van der Waals surface area (Å²) in [5, 5.41) is 15.4. The number of carbonyl (C=O) groups excluding carboxylic acids is 3. The molecule has 1 fully saturated rings. The molecule has 3 amide bonds. The van der Waals surface area contributed by atoms with Crippen molar-refractivity contribution in [1.82, 2.24) is 0 Å². The lowest BCUT2D eigenvalue weighted by molar-refractivity contribution is -0.387. The van der Waals surface area contributed by atoms with Crippen LogP contribution in [0.5, 0.6) is 0 Å². The molecule has 30 heavy (non-hydrogen) atoms. The quantitative estimate of drug-likeness (QED) is 0.452. The molecule has 0 spiro atoms. The lowest BCUT2D eigenvalue weighted by Crippen LogP contribution is -2.35. The zero-order chi connectivity index (χ0) is 21.8. The van der Waals surface area contributed by atoms with E-state index in [-0.39, 0.29) is 11.6 Å². The molecule has 10 heteroatoms. The van der Waals surface area contributed by atoms with E-state index in [1.807, 2.05) is 6.92 Å². The first-order valence-corrected chi connectivity index (χ1v) is 9.23. The Morgan fingerprint density at radius 1 is 1.07 bits per heavy atom. The zero-order valence-corrected chi connectivity index (χ0v) is 16.1. The van der Waals surface area contributed by atoms with Crippen molar-refractivity contribution in [3.63, 3.8) is 0 Å². The molecule has 1 heterocycles. The highest BCUT2D eigenvalue weighted by Gasteiger charge is 2.22. The summed E-state index contributed by atoms with van der Waals surface area (Å²) >= 11 is 0. The summed E-state index contributed by atoms with van der Waals surface area (Å²) in [6.45, 7) is 2.43. The maximum absolute atomic E-state index is 13.4. The maximum atomic E-state index is 13.4. The summed E-state index contributed by atoms with van der Waals surface area (Å²) in [6, 6.07) is 7.71. The first-order chi connectivity index (χ1) is 14.3. The minimum absolute atomic E-state index is 0.00322. The van der Waals surface area contributed by atoms with Crippen LogP contribution in [0.25, 0.3) is 0 Å². The van der Waals surface area contributed by atoms with E-state index in [0.29, 0.717) is 24.3 Å². The summed E-state index contributed by atoms with van der Waals surface area (Å²) in [7, 11) is 0. The molecule has 2 N–H and O–H groups in total. The second-order valence-corrected chi connectivity index (χ2v) is 6.84. The fraction of sp³-hybridized carbons (Fsp3) is 0.250. The van der Waals surface area contributed by atoms with E-state index < -0.39 is 28.2 Å². The summed E-state index contributed by atoms with van der Waals surface area (Å²) in [5.41, 5.74) is 0.923. The van der Waals surface area contributed by atoms with Gasteiger partial charge in [-0.2, -0.15) is 4.39 Å². The van der Waals surface area contributed by atoms with Crippen LogP contribution in [0, 0.1) is 22.9 Å². The zero-order valence-electron chi connectivity index (χ0n) is 16.1. The van der Waals surface area contributed by atoms with E-state index >= 15 is 0 Å². The molecule has 0 atom stereocenters. The van der Waals surface area contributed by atoms with Crippen LogP contribution in [0.4, 0.5) is 27.1 Å². The monoisotopic (exact) mass is 414 g/mol. The lowest BCUT2D eigenvalue weighted by Gasteiger charge is -2.28. The van der Waals surface area contributed by atoms with E-state index in [9.17, 15) is 28.9 Å². The number of aryl methyl sites for hydroxylation is 1. The predicted molar refractivity (Wildman–Crippen MR) is 108 cm³/mol. The fourth-order valence-electron chi connectivity index (χ4n) is 3.14. The molecule has 0 aliphatic carbocycles. The predicted octanol–water partition coefficient (Wildman–Crippen LogP) is 3.14. The van der Waals surface area contributed by atoms with Gasteiger partial charge in [0.1, 0.15) is 0 Å². The van der Waals surface area contributed by atoms with Gasteiger partial charge < -0.3 is 15.5 Å². The number of rotatable bonds is 4. The maximum Gasteiger partial charge on any atom is 0.314 e. The molecular weight excluding hydrogens is 395 g/mol. The van der Waals surface area contributed by atoms with Crippen LogP contribution >= 0.6 is 0 Å². The van der Waals surface area contributed by atoms with Gasteiger partial charge >= 0.3 is 17.5 Å². The Kier molecular flexibility index (Phi) is 6.05. The largest absolute Gasteiger partial charge is 0.318 e. The topological polar surface area (TPSA) is 122 Å². The van der Waals surface area contributed by atoms with Crippen molar-refractivity contribution < 1.29 is 23.7 Å². The van der Waals surface area contributed by atoms with E-state index in [1.54, 1.807) is 23.1 Å². The van der Waals surface area contributed by atoms with Crippen molar-refractivity contribution in [2.45, 2.75) is 26.2 Å². The normalized spacial score (nSPS) is 13.7. The summed E-state index contributed by atoms with van der Waals surface area (Å²) in [6.07, 6.45) is 2.18. The Morgan fingerprint density at radius 3 is 2.33 bits per heavy atom. The highest BCUT2D eigenvalue weighted by molar-refractivity contribution is 6.43. The Bertz CT molecular complexity index is 1040. The smallest absolute Gasteiger partial charge is 0.314 e. The number of halogens is 1. The third-order valence-corrected chi connectivity index (χ3v) is 4.69. The van der Waals surface area contributed by atoms with Gasteiger partial charge in [-0.1, -0.05) is 6.07 Å². The van der Waals surface area contributed by atoms with Crippen molar-refractivity contribution in [2.75, 3.05) is 22.1 Å². The van der Waals surface area contributed by atoms with Crippen LogP contribution in [-0.2, 0) is 14.4 Å². The number of amides is 3. The molecule has 0 unspecified atom stereocenters. The molecule has 1 aliphatic rings. The number of nitrogens with zero attached hydrogens (tertiary/aromatic N) is 2. The number of anilines is 3. The fourth-order valence-corrected chi connectivity index (χ4v) is 3.14. The first kappa shape index (κ1) is 20.9. The van der Waals surface area contributed by atoms with Gasteiger partial charge in [0.15, 0.2) is 0 Å². The number of piperidine rings is 1. The Labute approximate surface area is 171 Å². The average molecular weight is 414 g/mol. The van der Waals surface area contributed by atoms with Gasteiger partial charge in [-0.25, -0.2) is 0 Å². The number of nitrogens with one attached hydrogen (secondary N) is 2. The summed E-state index contributed by atoms with van der Waals surface area (Å²) < 4.78 is 13.4. The molecule has 0 radical (unpaired) electrons. The number of carbonyl (C=O) groups is 3. The Hall–Kier alpha value is -3.82. The van der Waals surface area contributed by atoms with Crippen molar-refractivity contribution in [3.05, 3.63) is 57.9 Å². The molecule has 3 rings (SSSR count). The Balaban J connectivity index is 1.72. The van der Waals surface area contributed by atoms with Crippen molar-refractivity contribution >= 4 is 40.5 Å². The van der Waals surface area contributed by atoms with Gasteiger partial charge in [0, 0.05) is 36.1 Å². The lowest BCUT2D eigenvalue weighted by atomic mass is 10.1. The SMILES string of the molecule is Cc1ccc(NC(=O)C(=O)Nc2ccc(F)c([N+](=O)[O-])c2)cc1N1CCCCC1=O. The Morgan fingerprint density at radius 2 is 1.70 bits per heavy atom. The molecule has 0 bridgehead atoms. The van der Waals surface area contributed by atoms with Crippen molar-refractivity contribution in [2.24, 2.45) is 0 Å². The minimum atomic E-state index is -1.08. The second-order valence-electron chi connectivity index (χ2n) is 6.84. The molecule has 2 aromatic carbocycles. The van der Waals surface area contributed by atoms with Gasteiger partial charge in [0.2, 0.25) is 11.7 Å². The third kappa shape index (κ3) is 4.59. The van der Waals surface area contributed by atoms with Crippen molar-refractivity contribution in [1.29, 1.82) is 0 Å². The van der Waals surface area contributed by atoms with Gasteiger partial charge in [-0.15, -0.1) is 0 Å². The second kappa shape index (κ2) is 8.68. The van der Waals surface area contributed by atoms with E-state index in [1.165, 1.54) is 0 Å². The molecule has 0 saturated carbocycles. The number of benzene rings is 2. The molecule has 1 aliphatic heterocycles. The van der Waals surface area contributed by atoms with E-state index in [2.05, 4.69) is 10.6 Å². The molecule has 9 nitrogen and oxygen atoms in total. The molecule has 2 aromatic rings. The van der Waals surface area contributed by atoms with E-state index in [0.717, 1.165) is 36.6 Å². The highest BCUT2D eigenvalue weighted by Crippen LogP contribution is 2.28. The molecule has 0 aromatic heterocycles. The van der Waals surface area contributed by atoms with Crippen LogP contribution in [0.2, 0.25) is 0 Å². The standard InChI is InChI=1S/C20H19FN4O5/c1-12-5-6-13(10-16(12)24-9-3-2-4-18(24)26)22-19(27)20(28)23-14-7-8-15(21)17(11-14)25(29)30/h5-8,10-11H,2-4,9H2,1H3,(H,22,27)(H,23,28). The van der Waals surface area contributed by atoms with E-state index in [4.69, 9.17) is 0 Å². The van der Waals surface area contributed by atoms with Crippen LogP contribution in [0.3, 0.4) is 0 Å². The van der Waals surface area contributed by atoms with Gasteiger partial charge in [0.25, 0.3) is 0 Å². The number of hydrogen-bond acceptors (Lipinski definition) is 5. The van der Waals surface area contributed by atoms with Crippen LogP contribution in [-0.4, -0.2) is 29.2 Å². The van der Waals surface area contributed by atoms with Gasteiger partial charge in [-0.05, 0) is 49.6 Å². The minimum Gasteiger partial charge on any atom is -0.318 e. The van der Waals surface area contributed by atoms with Crippen LogP contribution in [0.15, 0.2) is 36.4 Å².